The standard InChI is InChI=1S/C14H12ClFN2O/c15-9-5-13(17-7-9)14(19)18-12-6-11(12)8-1-3-10(16)4-2-8/h1-5,7,11-12,17H,6H2,(H,18,19)/t11-,12-/m0/s1. The van der Waals surface area contributed by atoms with Crippen LogP contribution >= 0.6 is 11.6 Å². The van der Waals surface area contributed by atoms with Crippen molar-refractivity contribution in [3.63, 3.8) is 0 Å². The molecule has 19 heavy (non-hydrogen) atoms. The van der Waals surface area contributed by atoms with Gasteiger partial charge in [-0.25, -0.2) is 4.39 Å². The van der Waals surface area contributed by atoms with Crippen molar-refractivity contribution in [1.82, 2.24) is 10.3 Å². The van der Waals surface area contributed by atoms with Crippen molar-refractivity contribution in [2.75, 3.05) is 0 Å². The van der Waals surface area contributed by atoms with Crippen LogP contribution in [0, 0.1) is 5.82 Å². The van der Waals surface area contributed by atoms with Crippen LogP contribution in [0.2, 0.25) is 5.02 Å². The van der Waals surface area contributed by atoms with Gasteiger partial charge < -0.3 is 10.3 Å². The SMILES string of the molecule is O=C(N[C@H]1C[C@H]1c1ccc(F)cc1)c1cc(Cl)c[nH]1. The Kier molecular flexibility index (Phi) is 3.03. The molecule has 1 aromatic heterocycles. The lowest BCUT2D eigenvalue weighted by Crippen LogP contribution is -2.26. The summed E-state index contributed by atoms with van der Waals surface area (Å²) in [5.74, 6) is -0.137. The van der Waals surface area contributed by atoms with Crippen LogP contribution in [0.3, 0.4) is 0 Å². The van der Waals surface area contributed by atoms with Gasteiger partial charge in [-0.05, 0) is 30.2 Å². The van der Waals surface area contributed by atoms with Gasteiger partial charge in [0.15, 0.2) is 0 Å². The molecular weight excluding hydrogens is 267 g/mol. The highest BCUT2D eigenvalue weighted by atomic mass is 35.5. The number of amides is 1. The van der Waals surface area contributed by atoms with Gasteiger partial charge in [-0.1, -0.05) is 23.7 Å². The van der Waals surface area contributed by atoms with Crippen molar-refractivity contribution < 1.29 is 9.18 Å². The summed E-state index contributed by atoms with van der Waals surface area (Å²) in [6, 6.07) is 8.11. The Hall–Kier alpha value is -1.81. The summed E-state index contributed by atoms with van der Waals surface area (Å²) in [4.78, 5) is 14.7. The zero-order chi connectivity index (χ0) is 13.4. The number of hydrogen-bond donors (Lipinski definition) is 2. The lowest BCUT2D eigenvalue weighted by molar-refractivity contribution is 0.0946. The second kappa shape index (κ2) is 4.70. The maximum Gasteiger partial charge on any atom is 0.267 e. The monoisotopic (exact) mass is 278 g/mol. The van der Waals surface area contributed by atoms with E-state index in [-0.39, 0.29) is 23.7 Å². The molecule has 0 radical (unpaired) electrons. The van der Waals surface area contributed by atoms with Gasteiger partial charge in [0.2, 0.25) is 0 Å². The molecule has 2 atom stereocenters. The van der Waals surface area contributed by atoms with E-state index >= 15 is 0 Å². The minimum atomic E-state index is -0.244. The topological polar surface area (TPSA) is 44.9 Å². The molecule has 0 bridgehead atoms. The first-order valence-corrected chi connectivity index (χ1v) is 6.41. The smallest absolute Gasteiger partial charge is 0.267 e. The summed E-state index contributed by atoms with van der Waals surface area (Å²) < 4.78 is 12.8. The molecular formula is C14H12ClFN2O. The summed E-state index contributed by atoms with van der Waals surface area (Å²) in [6.07, 6.45) is 2.45. The molecule has 1 fully saturated rings. The highest BCUT2D eigenvalue weighted by molar-refractivity contribution is 6.30. The number of nitrogens with one attached hydrogen (secondary N) is 2. The number of benzene rings is 1. The fraction of sp³-hybridized carbons (Fsp3) is 0.214. The lowest BCUT2D eigenvalue weighted by Gasteiger charge is -2.03. The molecule has 0 unspecified atom stereocenters. The van der Waals surface area contributed by atoms with E-state index in [4.69, 9.17) is 11.6 Å². The highest BCUT2D eigenvalue weighted by Crippen LogP contribution is 2.40. The quantitative estimate of drug-likeness (QED) is 0.890. The summed E-state index contributed by atoms with van der Waals surface area (Å²) in [7, 11) is 0. The molecule has 1 aliphatic carbocycles. The second-order valence-electron chi connectivity index (χ2n) is 4.71. The number of aromatic amines is 1. The fourth-order valence-corrected chi connectivity index (χ4v) is 2.34. The van der Waals surface area contributed by atoms with Crippen LogP contribution in [-0.4, -0.2) is 16.9 Å². The molecule has 1 aromatic carbocycles. The van der Waals surface area contributed by atoms with Gasteiger partial charge in [0.25, 0.3) is 5.91 Å². The van der Waals surface area contributed by atoms with E-state index in [1.54, 1.807) is 24.4 Å². The minimum absolute atomic E-state index is 0.111. The molecule has 1 amide bonds. The second-order valence-corrected chi connectivity index (χ2v) is 5.14. The normalized spacial score (nSPS) is 21.2. The van der Waals surface area contributed by atoms with Crippen molar-refractivity contribution in [3.8, 4) is 0 Å². The van der Waals surface area contributed by atoms with Crippen LogP contribution in [0.15, 0.2) is 36.5 Å². The van der Waals surface area contributed by atoms with Crippen molar-refractivity contribution in [2.45, 2.75) is 18.4 Å². The van der Waals surface area contributed by atoms with Gasteiger partial charge >= 0.3 is 0 Å². The van der Waals surface area contributed by atoms with E-state index in [1.165, 1.54) is 12.1 Å². The predicted octanol–water partition coefficient (Wildman–Crippen LogP) is 3.09. The summed E-state index contributed by atoms with van der Waals surface area (Å²) in [5, 5.41) is 3.43. The third kappa shape index (κ3) is 2.63. The van der Waals surface area contributed by atoms with Crippen LogP contribution < -0.4 is 5.32 Å². The summed E-state index contributed by atoms with van der Waals surface area (Å²) in [6.45, 7) is 0. The van der Waals surface area contributed by atoms with Crippen LogP contribution in [0.5, 0.6) is 0 Å². The molecule has 2 aromatic rings. The fourth-order valence-electron chi connectivity index (χ4n) is 2.18. The first-order valence-electron chi connectivity index (χ1n) is 6.04. The van der Waals surface area contributed by atoms with E-state index in [0.29, 0.717) is 10.7 Å². The van der Waals surface area contributed by atoms with Crippen LogP contribution in [0.4, 0.5) is 4.39 Å². The van der Waals surface area contributed by atoms with E-state index in [9.17, 15) is 9.18 Å². The van der Waals surface area contributed by atoms with Gasteiger partial charge in [0.05, 0.1) is 5.02 Å². The number of carbonyl (C=O) groups excluding carboxylic acids is 1. The Labute approximate surface area is 114 Å². The van der Waals surface area contributed by atoms with Gasteiger partial charge in [-0.3, -0.25) is 4.79 Å². The van der Waals surface area contributed by atoms with Crippen molar-refractivity contribution in [1.29, 1.82) is 0 Å². The Morgan fingerprint density at radius 1 is 1.37 bits per heavy atom. The maximum absolute atomic E-state index is 12.8. The number of carbonyl (C=O) groups is 1. The Bertz CT molecular complexity index is 608. The Balaban J connectivity index is 1.61. The third-order valence-electron chi connectivity index (χ3n) is 3.30. The summed E-state index contributed by atoms with van der Waals surface area (Å²) in [5.41, 5.74) is 1.51. The maximum atomic E-state index is 12.8. The highest BCUT2D eigenvalue weighted by Gasteiger charge is 2.39. The number of halogens is 2. The zero-order valence-electron chi connectivity index (χ0n) is 9.99. The Morgan fingerprint density at radius 3 is 2.74 bits per heavy atom. The largest absolute Gasteiger partial charge is 0.356 e. The molecule has 1 saturated carbocycles. The van der Waals surface area contributed by atoms with Crippen molar-refractivity contribution in [3.05, 3.63) is 58.6 Å². The molecule has 1 aliphatic rings. The van der Waals surface area contributed by atoms with E-state index in [0.717, 1.165) is 12.0 Å². The zero-order valence-corrected chi connectivity index (χ0v) is 10.7. The first kappa shape index (κ1) is 12.2. The third-order valence-corrected chi connectivity index (χ3v) is 3.52. The van der Waals surface area contributed by atoms with Crippen molar-refractivity contribution in [2.24, 2.45) is 0 Å². The molecule has 3 rings (SSSR count). The van der Waals surface area contributed by atoms with Gasteiger partial charge in [0, 0.05) is 18.2 Å². The number of aromatic nitrogens is 1. The van der Waals surface area contributed by atoms with Gasteiger partial charge in [-0.2, -0.15) is 0 Å². The molecule has 0 spiro atoms. The van der Waals surface area contributed by atoms with E-state index < -0.39 is 0 Å². The predicted molar refractivity (Wildman–Crippen MR) is 70.8 cm³/mol. The average Bonchev–Trinajstić information content (AvgIpc) is 3.00. The van der Waals surface area contributed by atoms with Crippen LogP contribution in [0.1, 0.15) is 28.4 Å². The van der Waals surface area contributed by atoms with E-state index in [2.05, 4.69) is 10.3 Å². The molecule has 1 heterocycles. The minimum Gasteiger partial charge on any atom is -0.356 e. The van der Waals surface area contributed by atoms with E-state index in [1.807, 2.05) is 0 Å². The van der Waals surface area contributed by atoms with Crippen molar-refractivity contribution >= 4 is 17.5 Å². The first-order chi connectivity index (χ1) is 9.13. The molecule has 0 saturated heterocycles. The molecule has 2 N–H and O–H groups in total. The van der Waals surface area contributed by atoms with Gasteiger partial charge in [0.1, 0.15) is 11.5 Å². The average molecular weight is 279 g/mol. The number of rotatable bonds is 3. The van der Waals surface area contributed by atoms with Crippen LogP contribution in [0.25, 0.3) is 0 Å². The molecule has 3 nitrogen and oxygen atoms in total. The molecule has 98 valence electrons. The number of H-pyrrole nitrogens is 1. The summed E-state index contributed by atoms with van der Waals surface area (Å²) >= 11 is 5.75. The van der Waals surface area contributed by atoms with Gasteiger partial charge in [-0.15, -0.1) is 0 Å². The Morgan fingerprint density at radius 2 is 2.11 bits per heavy atom. The molecule has 5 heteroatoms. The number of hydrogen-bond acceptors (Lipinski definition) is 1. The molecule has 0 aliphatic heterocycles. The lowest BCUT2D eigenvalue weighted by atomic mass is 10.1. The van der Waals surface area contributed by atoms with Crippen LogP contribution in [-0.2, 0) is 0 Å².